The number of aliphatic imine (C=N–C) groups is 1. The first-order chi connectivity index (χ1) is 8.60. The highest BCUT2D eigenvalue weighted by molar-refractivity contribution is 5.79. The summed E-state index contributed by atoms with van der Waals surface area (Å²) in [5.74, 6) is 0.717. The van der Waals surface area contributed by atoms with E-state index in [2.05, 4.69) is 20.7 Å². The van der Waals surface area contributed by atoms with Crippen LogP contribution in [0.25, 0.3) is 0 Å². The molecule has 1 aromatic rings. The van der Waals surface area contributed by atoms with Crippen LogP contribution in [-0.4, -0.2) is 40.5 Å². The first kappa shape index (κ1) is 14.5. The van der Waals surface area contributed by atoms with Crippen molar-refractivity contribution < 1.29 is 5.11 Å². The van der Waals surface area contributed by atoms with Gasteiger partial charge in [0.2, 0.25) is 0 Å². The molecular weight excluding hydrogens is 230 g/mol. The predicted octanol–water partition coefficient (Wildman–Crippen LogP) is 0.0843. The second-order valence-electron chi connectivity index (χ2n) is 4.12. The van der Waals surface area contributed by atoms with E-state index in [0.717, 1.165) is 23.5 Å². The molecule has 0 fully saturated rings. The van der Waals surface area contributed by atoms with Crippen molar-refractivity contribution in [1.82, 2.24) is 20.4 Å². The topological polar surface area (TPSA) is 74.5 Å². The minimum atomic E-state index is 0.0926. The minimum absolute atomic E-state index is 0.0926. The molecule has 1 heterocycles. The molecular formula is C12H23N5O. The van der Waals surface area contributed by atoms with Crippen LogP contribution in [0.5, 0.6) is 0 Å². The third-order valence-corrected chi connectivity index (χ3v) is 2.80. The smallest absolute Gasteiger partial charge is 0.191 e. The van der Waals surface area contributed by atoms with E-state index in [4.69, 9.17) is 5.11 Å². The number of aromatic nitrogens is 2. The Morgan fingerprint density at radius 3 is 2.61 bits per heavy atom. The van der Waals surface area contributed by atoms with Gasteiger partial charge in [0, 0.05) is 31.4 Å². The minimum Gasteiger partial charge on any atom is -0.395 e. The summed E-state index contributed by atoms with van der Waals surface area (Å²) < 4.78 is 1.87. The Morgan fingerprint density at radius 2 is 2.11 bits per heavy atom. The molecule has 0 saturated carbocycles. The number of aliphatic hydroxyl groups is 1. The van der Waals surface area contributed by atoms with Crippen LogP contribution in [0.15, 0.2) is 4.99 Å². The Hall–Kier alpha value is -1.56. The molecule has 0 atom stereocenters. The lowest BCUT2D eigenvalue weighted by molar-refractivity contribution is 0.300. The van der Waals surface area contributed by atoms with E-state index in [-0.39, 0.29) is 6.61 Å². The molecule has 18 heavy (non-hydrogen) atoms. The molecule has 6 nitrogen and oxygen atoms in total. The standard InChI is InChI=1S/C12H23N5O/c1-5-13-12(14-6-7-18)15-8-11-9(2)16-17(4)10(11)3/h18H,5-8H2,1-4H3,(H2,13,14,15). The molecule has 0 aliphatic rings. The molecule has 0 saturated heterocycles. The second kappa shape index (κ2) is 7.00. The predicted molar refractivity (Wildman–Crippen MR) is 72.6 cm³/mol. The first-order valence-corrected chi connectivity index (χ1v) is 6.22. The van der Waals surface area contributed by atoms with Crippen molar-refractivity contribution in [3.05, 3.63) is 17.0 Å². The van der Waals surface area contributed by atoms with Gasteiger partial charge in [0.1, 0.15) is 0 Å². The van der Waals surface area contributed by atoms with Crippen LogP contribution < -0.4 is 10.6 Å². The zero-order valence-electron chi connectivity index (χ0n) is 11.6. The maximum Gasteiger partial charge on any atom is 0.191 e. The Kier molecular flexibility index (Phi) is 5.64. The van der Waals surface area contributed by atoms with Crippen LogP contribution >= 0.6 is 0 Å². The van der Waals surface area contributed by atoms with E-state index in [1.54, 1.807) is 0 Å². The molecule has 0 bridgehead atoms. The van der Waals surface area contributed by atoms with Crippen LogP contribution in [0.4, 0.5) is 0 Å². The fraction of sp³-hybridized carbons (Fsp3) is 0.667. The van der Waals surface area contributed by atoms with E-state index in [0.29, 0.717) is 19.0 Å². The second-order valence-corrected chi connectivity index (χ2v) is 4.12. The number of aliphatic hydroxyl groups excluding tert-OH is 1. The third-order valence-electron chi connectivity index (χ3n) is 2.80. The van der Waals surface area contributed by atoms with Crippen LogP contribution in [0, 0.1) is 13.8 Å². The molecule has 3 N–H and O–H groups in total. The normalized spacial score (nSPS) is 11.7. The number of guanidine groups is 1. The SMILES string of the molecule is CCNC(=NCc1c(C)nn(C)c1C)NCCO. The monoisotopic (exact) mass is 253 g/mol. The van der Waals surface area contributed by atoms with Crippen LogP contribution in [0.1, 0.15) is 23.9 Å². The molecule has 6 heteroatoms. The molecule has 0 unspecified atom stereocenters. The summed E-state index contributed by atoms with van der Waals surface area (Å²) in [6.07, 6.45) is 0. The summed E-state index contributed by atoms with van der Waals surface area (Å²) in [5.41, 5.74) is 3.30. The Balaban J connectivity index is 2.74. The third kappa shape index (κ3) is 3.73. The zero-order valence-corrected chi connectivity index (χ0v) is 11.6. The fourth-order valence-corrected chi connectivity index (χ4v) is 1.72. The lowest BCUT2D eigenvalue weighted by Crippen LogP contribution is -2.38. The van der Waals surface area contributed by atoms with Gasteiger partial charge in [-0.05, 0) is 20.8 Å². The van der Waals surface area contributed by atoms with Gasteiger partial charge >= 0.3 is 0 Å². The van der Waals surface area contributed by atoms with E-state index < -0.39 is 0 Å². The maximum atomic E-state index is 8.80. The van der Waals surface area contributed by atoms with Gasteiger partial charge in [0.05, 0.1) is 18.8 Å². The van der Waals surface area contributed by atoms with Gasteiger partial charge < -0.3 is 15.7 Å². The molecule has 0 amide bonds. The number of aryl methyl sites for hydroxylation is 2. The van der Waals surface area contributed by atoms with Gasteiger partial charge in [-0.3, -0.25) is 4.68 Å². The highest BCUT2D eigenvalue weighted by Gasteiger charge is 2.08. The number of hydrogen-bond donors (Lipinski definition) is 3. The van der Waals surface area contributed by atoms with Crippen LogP contribution in [0.2, 0.25) is 0 Å². The van der Waals surface area contributed by atoms with Crippen LogP contribution in [0.3, 0.4) is 0 Å². The van der Waals surface area contributed by atoms with Crippen molar-refractivity contribution in [3.63, 3.8) is 0 Å². The summed E-state index contributed by atoms with van der Waals surface area (Å²) in [5, 5.41) is 19.3. The molecule has 0 aliphatic carbocycles. The highest BCUT2D eigenvalue weighted by atomic mass is 16.3. The molecule has 0 aromatic carbocycles. The van der Waals surface area contributed by atoms with E-state index in [1.165, 1.54) is 0 Å². The van der Waals surface area contributed by atoms with Gasteiger partial charge in [-0.1, -0.05) is 0 Å². The van der Waals surface area contributed by atoms with Crippen molar-refractivity contribution in [2.75, 3.05) is 19.7 Å². The summed E-state index contributed by atoms with van der Waals surface area (Å²) in [7, 11) is 1.94. The van der Waals surface area contributed by atoms with Gasteiger partial charge in [-0.2, -0.15) is 5.10 Å². The fourth-order valence-electron chi connectivity index (χ4n) is 1.72. The number of nitrogens with one attached hydrogen (secondary N) is 2. The molecule has 0 radical (unpaired) electrons. The summed E-state index contributed by atoms with van der Waals surface area (Å²) in [4.78, 5) is 4.49. The van der Waals surface area contributed by atoms with Crippen molar-refractivity contribution >= 4 is 5.96 Å². The average Bonchev–Trinajstić information content (AvgIpc) is 2.58. The summed E-state index contributed by atoms with van der Waals surface area (Å²) in [6.45, 7) is 8.02. The highest BCUT2D eigenvalue weighted by Crippen LogP contribution is 2.12. The van der Waals surface area contributed by atoms with Gasteiger partial charge in [0.15, 0.2) is 5.96 Å². The van der Waals surface area contributed by atoms with E-state index in [1.807, 2.05) is 32.5 Å². The van der Waals surface area contributed by atoms with E-state index in [9.17, 15) is 0 Å². The molecule has 1 rings (SSSR count). The number of hydrogen-bond acceptors (Lipinski definition) is 3. The molecule has 0 spiro atoms. The van der Waals surface area contributed by atoms with Crippen molar-refractivity contribution in [3.8, 4) is 0 Å². The number of nitrogens with zero attached hydrogens (tertiary/aromatic N) is 3. The van der Waals surface area contributed by atoms with Crippen molar-refractivity contribution in [1.29, 1.82) is 0 Å². The lowest BCUT2D eigenvalue weighted by atomic mass is 10.2. The molecule has 0 aliphatic heterocycles. The number of rotatable bonds is 5. The largest absolute Gasteiger partial charge is 0.395 e. The van der Waals surface area contributed by atoms with Gasteiger partial charge in [-0.15, -0.1) is 0 Å². The van der Waals surface area contributed by atoms with Gasteiger partial charge in [0.25, 0.3) is 0 Å². The Labute approximate surface area is 108 Å². The average molecular weight is 253 g/mol. The molecule has 1 aromatic heterocycles. The molecule has 102 valence electrons. The summed E-state index contributed by atoms with van der Waals surface area (Å²) in [6, 6.07) is 0. The van der Waals surface area contributed by atoms with Crippen LogP contribution in [-0.2, 0) is 13.6 Å². The van der Waals surface area contributed by atoms with Crippen molar-refractivity contribution in [2.45, 2.75) is 27.3 Å². The Morgan fingerprint density at radius 1 is 1.39 bits per heavy atom. The van der Waals surface area contributed by atoms with Gasteiger partial charge in [-0.25, -0.2) is 4.99 Å². The Bertz CT molecular complexity index is 411. The lowest BCUT2D eigenvalue weighted by Gasteiger charge is -2.09. The van der Waals surface area contributed by atoms with Crippen molar-refractivity contribution in [2.24, 2.45) is 12.0 Å². The zero-order chi connectivity index (χ0) is 13.5. The van der Waals surface area contributed by atoms with E-state index >= 15 is 0 Å². The summed E-state index contributed by atoms with van der Waals surface area (Å²) >= 11 is 0. The maximum absolute atomic E-state index is 8.80. The quantitative estimate of drug-likeness (QED) is 0.513. The first-order valence-electron chi connectivity index (χ1n) is 6.22.